The molecule has 100 valence electrons. The highest BCUT2D eigenvalue weighted by atomic mass is 79.9. The molecule has 0 spiro atoms. The molecule has 1 saturated heterocycles. The number of benzene rings is 1. The lowest BCUT2D eigenvalue weighted by Crippen LogP contribution is -2.38. The van der Waals surface area contributed by atoms with Gasteiger partial charge in [0.15, 0.2) is 0 Å². The van der Waals surface area contributed by atoms with Crippen LogP contribution in [0.3, 0.4) is 0 Å². The van der Waals surface area contributed by atoms with Crippen molar-refractivity contribution in [2.75, 3.05) is 13.7 Å². The number of ether oxygens (including phenoxy) is 1. The van der Waals surface area contributed by atoms with Crippen molar-refractivity contribution in [2.45, 2.75) is 31.9 Å². The number of likely N-dealkylation sites (N-methyl/N-ethyl adjacent to an activating group) is 1. The van der Waals surface area contributed by atoms with Gasteiger partial charge in [0.05, 0.1) is 6.10 Å². The molecule has 0 aliphatic carbocycles. The Kier molecular flexibility index (Phi) is 4.76. The summed E-state index contributed by atoms with van der Waals surface area (Å²) in [5.74, 6) is 0.316. The van der Waals surface area contributed by atoms with Gasteiger partial charge in [0.2, 0.25) is 0 Å². The zero-order chi connectivity index (χ0) is 13.1. The summed E-state index contributed by atoms with van der Waals surface area (Å²) in [7, 11) is 1.98. The van der Waals surface area contributed by atoms with Crippen molar-refractivity contribution in [3.05, 3.63) is 34.1 Å². The fraction of sp³-hybridized carbons (Fsp3) is 0.571. The third-order valence-electron chi connectivity index (χ3n) is 3.78. The summed E-state index contributed by atoms with van der Waals surface area (Å²) >= 11 is 3.43. The average molecular weight is 316 g/mol. The van der Waals surface area contributed by atoms with Crippen LogP contribution in [0.15, 0.2) is 22.7 Å². The summed E-state index contributed by atoms with van der Waals surface area (Å²) in [6.45, 7) is 2.97. The summed E-state index contributed by atoms with van der Waals surface area (Å²) in [6, 6.07) is 5.26. The maximum absolute atomic E-state index is 13.1. The minimum atomic E-state index is -0.204. The van der Waals surface area contributed by atoms with Crippen molar-refractivity contribution in [3.8, 4) is 0 Å². The molecule has 0 aromatic heterocycles. The van der Waals surface area contributed by atoms with E-state index < -0.39 is 0 Å². The topological polar surface area (TPSA) is 21.3 Å². The second-order valence-corrected chi connectivity index (χ2v) is 5.72. The molecule has 2 rings (SSSR count). The Morgan fingerprint density at radius 3 is 2.89 bits per heavy atom. The third-order valence-corrected chi connectivity index (χ3v) is 4.52. The molecule has 1 heterocycles. The number of rotatable bonds is 4. The fourth-order valence-corrected chi connectivity index (χ4v) is 3.18. The predicted octanol–water partition coefficient (Wildman–Crippen LogP) is 3.14. The van der Waals surface area contributed by atoms with Crippen LogP contribution in [0.1, 0.15) is 18.9 Å². The first-order valence-electron chi connectivity index (χ1n) is 6.34. The zero-order valence-electron chi connectivity index (χ0n) is 10.7. The Hall–Kier alpha value is -0.450. The van der Waals surface area contributed by atoms with Crippen LogP contribution < -0.4 is 5.32 Å². The van der Waals surface area contributed by atoms with Gasteiger partial charge in [0.25, 0.3) is 0 Å². The molecule has 3 unspecified atom stereocenters. The lowest BCUT2D eigenvalue weighted by Gasteiger charge is -2.26. The van der Waals surface area contributed by atoms with E-state index in [1.165, 1.54) is 12.1 Å². The molecule has 1 aliphatic rings. The zero-order valence-corrected chi connectivity index (χ0v) is 12.3. The molecule has 1 aromatic carbocycles. The van der Waals surface area contributed by atoms with E-state index in [-0.39, 0.29) is 5.82 Å². The van der Waals surface area contributed by atoms with Crippen molar-refractivity contribution in [3.63, 3.8) is 0 Å². The van der Waals surface area contributed by atoms with Gasteiger partial charge in [-0.1, -0.05) is 22.0 Å². The Labute approximate surface area is 116 Å². The molecule has 1 fully saturated rings. The van der Waals surface area contributed by atoms with Gasteiger partial charge in [-0.3, -0.25) is 0 Å². The number of hydrogen-bond donors (Lipinski definition) is 1. The van der Waals surface area contributed by atoms with E-state index in [9.17, 15) is 4.39 Å². The molecular weight excluding hydrogens is 297 g/mol. The van der Waals surface area contributed by atoms with E-state index in [1.807, 2.05) is 13.1 Å². The molecule has 1 aromatic rings. The van der Waals surface area contributed by atoms with Crippen LogP contribution in [0.2, 0.25) is 0 Å². The molecule has 2 nitrogen and oxygen atoms in total. The molecule has 1 aliphatic heterocycles. The first kappa shape index (κ1) is 14.0. The standard InChI is InChI=1S/C14H19BrFNO/c1-9-12(5-6-18-9)14(17-2)7-10-3-4-11(16)8-13(10)15/h3-4,8-9,12,14,17H,5-7H2,1-2H3. The summed E-state index contributed by atoms with van der Waals surface area (Å²) < 4.78 is 19.5. The molecule has 0 saturated carbocycles. The van der Waals surface area contributed by atoms with Crippen molar-refractivity contribution in [1.82, 2.24) is 5.32 Å². The van der Waals surface area contributed by atoms with E-state index >= 15 is 0 Å². The molecule has 0 radical (unpaired) electrons. The predicted molar refractivity (Wildman–Crippen MR) is 74.2 cm³/mol. The van der Waals surface area contributed by atoms with Crippen molar-refractivity contribution in [1.29, 1.82) is 0 Å². The second kappa shape index (κ2) is 6.13. The van der Waals surface area contributed by atoms with Gasteiger partial charge in [-0.15, -0.1) is 0 Å². The van der Waals surface area contributed by atoms with Crippen molar-refractivity contribution < 1.29 is 9.13 Å². The molecule has 3 atom stereocenters. The van der Waals surface area contributed by atoms with Gasteiger partial charge in [-0.25, -0.2) is 4.39 Å². The average Bonchev–Trinajstić information content (AvgIpc) is 2.75. The first-order valence-corrected chi connectivity index (χ1v) is 7.14. The Morgan fingerprint density at radius 1 is 1.56 bits per heavy atom. The summed E-state index contributed by atoms with van der Waals surface area (Å²) in [4.78, 5) is 0. The van der Waals surface area contributed by atoms with Crippen LogP contribution in [-0.4, -0.2) is 25.8 Å². The van der Waals surface area contributed by atoms with Crippen molar-refractivity contribution >= 4 is 15.9 Å². The van der Waals surface area contributed by atoms with Gasteiger partial charge in [-0.2, -0.15) is 0 Å². The normalized spacial score (nSPS) is 25.3. The first-order chi connectivity index (χ1) is 8.61. The van der Waals surface area contributed by atoms with E-state index in [2.05, 4.69) is 28.2 Å². The van der Waals surface area contributed by atoms with Gasteiger partial charge in [-0.05, 0) is 44.5 Å². The van der Waals surface area contributed by atoms with Gasteiger partial charge < -0.3 is 10.1 Å². The van der Waals surface area contributed by atoms with Crippen LogP contribution in [0, 0.1) is 11.7 Å². The lowest BCUT2D eigenvalue weighted by atomic mass is 9.89. The molecule has 1 N–H and O–H groups in total. The number of halogens is 2. The highest BCUT2D eigenvalue weighted by molar-refractivity contribution is 9.10. The van der Waals surface area contributed by atoms with Gasteiger partial charge >= 0.3 is 0 Å². The van der Waals surface area contributed by atoms with E-state index in [4.69, 9.17) is 4.74 Å². The summed E-state index contributed by atoms with van der Waals surface area (Å²) in [6.07, 6.45) is 2.27. The molecule has 0 amide bonds. The third kappa shape index (κ3) is 3.11. The van der Waals surface area contributed by atoms with Gasteiger partial charge in [0, 0.05) is 23.0 Å². The van der Waals surface area contributed by atoms with Crippen LogP contribution >= 0.6 is 15.9 Å². The molecule has 18 heavy (non-hydrogen) atoms. The highest BCUT2D eigenvalue weighted by Crippen LogP contribution is 2.28. The van der Waals surface area contributed by atoms with E-state index in [1.54, 1.807) is 0 Å². The van der Waals surface area contributed by atoms with Crippen LogP contribution in [0.25, 0.3) is 0 Å². The SMILES string of the molecule is CNC(Cc1ccc(F)cc1Br)C1CCOC1C. The minimum Gasteiger partial charge on any atom is -0.378 e. The maximum atomic E-state index is 13.1. The summed E-state index contributed by atoms with van der Waals surface area (Å²) in [5, 5.41) is 3.37. The number of hydrogen-bond acceptors (Lipinski definition) is 2. The highest BCUT2D eigenvalue weighted by Gasteiger charge is 2.31. The Morgan fingerprint density at radius 2 is 2.33 bits per heavy atom. The molecular formula is C14H19BrFNO. The summed E-state index contributed by atoms with van der Waals surface area (Å²) in [5.41, 5.74) is 1.13. The van der Waals surface area contributed by atoms with Crippen LogP contribution in [0.5, 0.6) is 0 Å². The van der Waals surface area contributed by atoms with Crippen LogP contribution in [-0.2, 0) is 11.2 Å². The second-order valence-electron chi connectivity index (χ2n) is 4.86. The van der Waals surface area contributed by atoms with E-state index in [0.717, 1.165) is 29.5 Å². The smallest absolute Gasteiger partial charge is 0.124 e. The Balaban J connectivity index is 2.10. The van der Waals surface area contributed by atoms with Gasteiger partial charge in [0.1, 0.15) is 5.82 Å². The molecule has 4 heteroatoms. The quantitative estimate of drug-likeness (QED) is 0.921. The Bertz CT molecular complexity index is 413. The van der Waals surface area contributed by atoms with E-state index in [0.29, 0.717) is 18.1 Å². The van der Waals surface area contributed by atoms with Crippen molar-refractivity contribution in [2.24, 2.45) is 5.92 Å². The monoisotopic (exact) mass is 315 g/mol. The lowest BCUT2D eigenvalue weighted by molar-refractivity contribution is 0.0963. The molecule has 0 bridgehead atoms. The maximum Gasteiger partial charge on any atom is 0.124 e. The minimum absolute atomic E-state index is 0.204. The number of nitrogens with one attached hydrogen (secondary N) is 1. The largest absolute Gasteiger partial charge is 0.378 e. The van der Waals surface area contributed by atoms with Crippen LogP contribution in [0.4, 0.5) is 4.39 Å². The fourth-order valence-electron chi connectivity index (χ4n) is 2.67.